The topological polar surface area (TPSA) is 111 Å². The minimum atomic E-state index is -0.661. The van der Waals surface area contributed by atoms with E-state index < -0.39 is 18.5 Å². The van der Waals surface area contributed by atoms with E-state index in [4.69, 9.17) is 14.2 Å². The second-order valence-electron chi connectivity index (χ2n) is 7.01. The number of carbonyl (C=O) groups excluding carboxylic acids is 4. The lowest BCUT2D eigenvalue weighted by molar-refractivity contribution is -0.148. The molecular formula is C21H24N2O7. The molecule has 1 N–H and O–H groups in total. The molecule has 3 rings (SSSR count). The smallest absolute Gasteiger partial charge is 0.308 e. The lowest BCUT2D eigenvalue weighted by Crippen LogP contribution is -2.33. The van der Waals surface area contributed by atoms with Crippen LogP contribution in [0.2, 0.25) is 0 Å². The van der Waals surface area contributed by atoms with Crippen molar-refractivity contribution in [3.63, 3.8) is 0 Å². The number of imide groups is 1. The molecule has 0 spiro atoms. The number of esters is 1. The number of anilines is 1. The van der Waals surface area contributed by atoms with Crippen LogP contribution in [-0.4, -0.2) is 56.0 Å². The van der Waals surface area contributed by atoms with E-state index in [9.17, 15) is 19.2 Å². The van der Waals surface area contributed by atoms with Crippen molar-refractivity contribution >= 4 is 29.4 Å². The molecule has 3 amide bonds. The molecule has 1 saturated heterocycles. The number of hydrogen-bond acceptors (Lipinski definition) is 7. The fraction of sp³-hybridized carbons (Fsp3) is 0.429. The molecule has 1 fully saturated rings. The largest absolute Gasteiger partial charge is 0.493 e. The molecular weight excluding hydrogens is 392 g/mol. The molecule has 1 aromatic carbocycles. The van der Waals surface area contributed by atoms with E-state index >= 15 is 0 Å². The van der Waals surface area contributed by atoms with Gasteiger partial charge in [0.2, 0.25) is 11.8 Å². The molecule has 1 heterocycles. The number of fused-ring (bicyclic) bond motifs is 1. The molecule has 2 atom stereocenters. The zero-order valence-electron chi connectivity index (χ0n) is 16.9. The third kappa shape index (κ3) is 4.61. The zero-order chi connectivity index (χ0) is 21.7. The highest BCUT2D eigenvalue weighted by atomic mass is 16.5. The monoisotopic (exact) mass is 416 g/mol. The summed E-state index contributed by atoms with van der Waals surface area (Å²) in [6.07, 6.45) is 4.75. The number of ether oxygens (including phenoxy) is 3. The summed E-state index contributed by atoms with van der Waals surface area (Å²) >= 11 is 0. The van der Waals surface area contributed by atoms with Gasteiger partial charge in [0.15, 0.2) is 18.1 Å². The highest BCUT2D eigenvalue weighted by Gasteiger charge is 2.46. The van der Waals surface area contributed by atoms with E-state index in [0.717, 1.165) is 4.90 Å². The van der Waals surface area contributed by atoms with Gasteiger partial charge in [-0.05, 0) is 25.0 Å². The number of hydrogen-bond donors (Lipinski definition) is 1. The van der Waals surface area contributed by atoms with Crippen LogP contribution >= 0.6 is 0 Å². The summed E-state index contributed by atoms with van der Waals surface area (Å²) < 4.78 is 15.3. The van der Waals surface area contributed by atoms with Gasteiger partial charge in [-0.15, -0.1) is 0 Å². The maximum Gasteiger partial charge on any atom is 0.308 e. The van der Waals surface area contributed by atoms with Gasteiger partial charge in [-0.25, -0.2) is 0 Å². The van der Waals surface area contributed by atoms with Crippen molar-refractivity contribution in [2.45, 2.75) is 19.3 Å². The highest BCUT2D eigenvalue weighted by Crippen LogP contribution is 2.35. The number of likely N-dealkylation sites (tertiary alicyclic amines) is 1. The summed E-state index contributed by atoms with van der Waals surface area (Å²) in [5.74, 6) is -1.36. The Kier molecular flexibility index (Phi) is 6.71. The molecule has 0 aromatic heterocycles. The second kappa shape index (κ2) is 9.43. The van der Waals surface area contributed by atoms with Crippen molar-refractivity contribution in [2.75, 3.05) is 32.7 Å². The Morgan fingerprint density at radius 1 is 1.03 bits per heavy atom. The van der Waals surface area contributed by atoms with Crippen molar-refractivity contribution < 1.29 is 33.4 Å². The van der Waals surface area contributed by atoms with E-state index in [1.807, 2.05) is 12.2 Å². The van der Waals surface area contributed by atoms with Gasteiger partial charge in [0.1, 0.15) is 0 Å². The first-order chi connectivity index (χ1) is 14.4. The quantitative estimate of drug-likeness (QED) is 0.389. The van der Waals surface area contributed by atoms with Gasteiger partial charge >= 0.3 is 5.97 Å². The van der Waals surface area contributed by atoms with Crippen LogP contribution in [0.4, 0.5) is 5.69 Å². The Morgan fingerprint density at radius 3 is 2.27 bits per heavy atom. The normalized spacial score (nSPS) is 20.0. The maximum atomic E-state index is 12.4. The van der Waals surface area contributed by atoms with E-state index in [1.54, 1.807) is 18.2 Å². The molecule has 30 heavy (non-hydrogen) atoms. The summed E-state index contributed by atoms with van der Waals surface area (Å²) in [5, 5.41) is 2.59. The molecule has 160 valence electrons. The van der Waals surface area contributed by atoms with Gasteiger partial charge in [0.05, 0.1) is 32.5 Å². The van der Waals surface area contributed by atoms with E-state index in [0.29, 0.717) is 30.0 Å². The lowest BCUT2D eigenvalue weighted by atomic mass is 9.85. The van der Waals surface area contributed by atoms with Gasteiger partial charge in [-0.3, -0.25) is 24.1 Å². The van der Waals surface area contributed by atoms with Crippen LogP contribution in [0.1, 0.15) is 19.3 Å². The van der Waals surface area contributed by atoms with E-state index in [2.05, 4.69) is 5.32 Å². The Balaban J connectivity index is 1.44. The van der Waals surface area contributed by atoms with Crippen LogP contribution in [-0.2, 0) is 23.9 Å². The Labute approximate surface area is 174 Å². The number of nitrogens with one attached hydrogen (secondary N) is 1. The van der Waals surface area contributed by atoms with Gasteiger partial charge in [-0.1, -0.05) is 12.2 Å². The molecule has 0 bridgehead atoms. The van der Waals surface area contributed by atoms with Crippen LogP contribution in [0.3, 0.4) is 0 Å². The number of amides is 3. The van der Waals surface area contributed by atoms with E-state index in [1.165, 1.54) is 14.2 Å². The number of methoxy groups -OCH3 is 2. The Hall–Kier alpha value is -3.36. The van der Waals surface area contributed by atoms with Gasteiger partial charge < -0.3 is 19.5 Å². The van der Waals surface area contributed by atoms with Gasteiger partial charge in [-0.2, -0.15) is 0 Å². The second-order valence-corrected chi connectivity index (χ2v) is 7.01. The molecule has 1 aliphatic heterocycles. The van der Waals surface area contributed by atoms with Crippen molar-refractivity contribution in [1.29, 1.82) is 0 Å². The SMILES string of the molecule is COc1ccc(NC(=O)COC(=O)CCN2C(=O)[C@@H]3CC=CC[C@H]3C2=O)cc1OC. The van der Waals surface area contributed by atoms with Crippen molar-refractivity contribution in [3.05, 3.63) is 30.4 Å². The van der Waals surface area contributed by atoms with Crippen LogP contribution in [0, 0.1) is 11.8 Å². The van der Waals surface area contributed by atoms with Gasteiger partial charge in [0.25, 0.3) is 5.91 Å². The summed E-state index contributed by atoms with van der Waals surface area (Å²) in [6, 6.07) is 4.84. The average Bonchev–Trinajstić information content (AvgIpc) is 3.00. The number of carbonyl (C=O) groups is 4. The number of allylic oxidation sites excluding steroid dienone is 2. The predicted molar refractivity (Wildman–Crippen MR) is 106 cm³/mol. The number of benzene rings is 1. The van der Waals surface area contributed by atoms with Crippen molar-refractivity contribution in [2.24, 2.45) is 11.8 Å². The first kappa shape index (κ1) is 21.4. The molecule has 0 unspecified atom stereocenters. The molecule has 2 aliphatic rings. The van der Waals surface area contributed by atoms with Crippen LogP contribution < -0.4 is 14.8 Å². The molecule has 9 nitrogen and oxygen atoms in total. The van der Waals surface area contributed by atoms with Crippen molar-refractivity contribution in [1.82, 2.24) is 4.90 Å². The lowest BCUT2D eigenvalue weighted by Gasteiger charge is -2.14. The Bertz CT molecular complexity index is 854. The third-order valence-electron chi connectivity index (χ3n) is 5.17. The predicted octanol–water partition coefficient (Wildman–Crippen LogP) is 1.53. The van der Waals surface area contributed by atoms with Crippen molar-refractivity contribution in [3.8, 4) is 11.5 Å². The Morgan fingerprint density at radius 2 is 1.67 bits per heavy atom. The molecule has 1 aliphatic carbocycles. The fourth-order valence-corrected chi connectivity index (χ4v) is 3.62. The zero-order valence-corrected chi connectivity index (χ0v) is 16.9. The number of nitrogens with zero attached hydrogens (tertiary/aromatic N) is 1. The van der Waals surface area contributed by atoms with Crippen LogP contribution in [0.25, 0.3) is 0 Å². The molecule has 0 saturated carbocycles. The maximum absolute atomic E-state index is 12.4. The molecule has 1 aromatic rings. The van der Waals surface area contributed by atoms with Crippen LogP contribution in [0.15, 0.2) is 30.4 Å². The standard InChI is InChI=1S/C21H24N2O7/c1-28-16-8-7-13(11-17(16)29-2)22-18(24)12-30-19(25)9-10-23-20(26)14-5-3-4-6-15(14)21(23)27/h3-4,7-8,11,14-15H,5-6,9-10,12H2,1-2H3,(H,22,24)/t14-,15-/m1/s1. The molecule has 9 heteroatoms. The fourth-order valence-electron chi connectivity index (χ4n) is 3.62. The minimum absolute atomic E-state index is 0.0409. The van der Waals surface area contributed by atoms with Gasteiger partial charge in [0, 0.05) is 18.3 Å². The minimum Gasteiger partial charge on any atom is -0.493 e. The third-order valence-corrected chi connectivity index (χ3v) is 5.17. The summed E-state index contributed by atoms with van der Waals surface area (Å²) in [6.45, 7) is -0.523. The van der Waals surface area contributed by atoms with Crippen LogP contribution in [0.5, 0.6) is 11.5 Å². The number of rotatable bonds is 8. The summed E-state index contributed by atoms with van der Waals surface area (Å²) in [4.78, 5) is 49.9. The average molecular weight is 416 g/mol. The summed E-state index contributed by atoms with van der Waals surface area (Å²) in [7, 11) is 2.98. The highest BCUT2D eigenvalue weighted by molar-refractivity contribution is 6.05. The summed E-state index contributed by atoms with van der Waals surface area (Å²) in [5.41, 5.74) is 0.457. The first-order valence-electron chi connectivity index (χ1n) is 9.62. The van der Waals surface area contributed by atoms with E-state index in [-0.39, 0.29) is 36.6 Å². The molecule has 0 radical (unpaired) electrons. The first-order valence-corrected chi connectivity index (χ1v) is 9.62.